The first kappa shape index (κ1) is 12.7. The van der Waals surface area contributed by atoms with E-state index in [9.17, 15) is 0 Å². The van der Waals surface area contributed by atoms with Gasteiger partial charge in [0.1, 0.15) is 11.3 Å². The van der Waals surface area contributed by atoms with Crippen molar-refractivity contribution >= 4 is 33.9 Å². The number of anilines is 2. The van der Waals surface area contributed by atoms with Crippen molar-refractivity contribution in [2.24, 2.45) is 0 Å². The zero-order valence-corrected chi connectivity index (χ0v) is 11.6. The van der Waals surface area contributed by atoms with Crippen LogP contribution in [0.15, 0.2) is 48.7 Å². The highest BCUT2D eigenvalue weighted by molar-refractivity contribution is 6.35. The number of methoxy groups -OCH3 is 1. The molecule has 3 aromatic rings. The molecule has 1 N–H and O–H groups in total. The Morgan fingerprint density at radius 3 is 2.75 bits per heavy atom. The fourth-order valence-electron chi connectivity index (χ4n) is 2.04. The number of aromatic nitrogens is 2. The molecule has 0 unspecified atom stereocenters. The van der Waals surface area contributed by atoms with Gasteiger partial charge >= 0.3 is 0 Å². The van der Waals surface area contributed by atoms with Crippen LogP contribution in [-0.2, 0) is 0 Å². The van der Waals surface area contributed by atoms with Crippen LogP contribution in [0, 0.1) is 0 Å². The summed E-state index contributed by atoms with van der Waals surface area (Å²) in [6.07, 6.45) is 1.67. The molecule has 0 amide bonds. The number of rotatable bonds is 3. The maximum Gasteiger partial charge on any atom is 0.142 e. The van der Waals surface area contributed by atoms with Crippen LogP contribution in [0.3, 0.4) is 0 Å². The van der Waals surface area contributed by atoms with E-state index in [0.29, 0.717) is 10.5 Å². The molecule has 100 valence electrons. The minimum atomic E-state index is 0.582. The monoisotopic (exact) mass is 285 g/mol. The Morgan fingerprint density at radius 1 is 1.05 bits per heavy atom. The molecule has 0 spiro atoms. The van der Waals surface area contributed by atoms with Crippen molar-refractivity contribution in [3.05, 3.63) is 53.7 Å². The largest absolute Gasteiger partial charge is 0.495 e. The van der Waals surface area contributed by atoms with Crippen LogP contribution in [0.1, 0.15) is 0 Å². The highest BCUT2D eigenvalue weighted by Gasteiger charge is 2.08. The quantitative estimate of drug-likeness (QED) is 0.789. The van der Waals surface area contributed by atoms with Gasteiger partial charge in [-0.3, -0.25) is 0 Å². The van der Waals surface area contributed by atoms with E-state index in [1.165, 1.54) is 0 Å². The van der Waals surface area contributed by atoms with E-state index < -0.39 is 0 Å². The fraction of sp³-hybridized carbons (Fsp3) is 0.0667. The van der Waals surface area contributed by atoms with Crippen molar-refractivity contribution in [3.8, 4) is 5.75 Å². The van der Waals surface area contributed by atoms with Crippen molar-refractivity contribution in [2.45, 2.75) is 0 Å². The third kappa shape index (κ3) is 2.26. The number of hydrogen-bond donors (Lipinski definition) is 1. The Balaban J connectivity index is 2.09. The summed E-state index contributed by atoms with van der Waals surface area (Å²) in [5, 5.41) is 12.9. The van der Waals surface area contributed by atoms with Crippen LogP contribution in [-0.4, -0.2) is 17.3 Å². The molecule has 0 aliphatic rings. The van der Waals surface area contributed by atoms with Gasteiger partial charge in [-0.15, -0.1) is 5.10 Å². The summed E-state index contributed by atoms with van der Waals surface area (Å²) >= 11 is 6.14. The van der Waals surface area contributed by atoms with E-state index in [1.807, 2.05) is 36.4 Å². The maximum absolute atomic E-state index is 6.14. The number of halogens is 1. The molecule has 0 aliphatic heterocycles. The van der Waals surface area contributed by atoms with Crippen molar-refractivity contribution in [1.29, 1.82) is 0 Å². The number of fused-ring (bicyclic) bond motifs is 1. The van der Waals surface area contributed by atoms with E-state index >= 15 is 0 Å². The van der Waals surface area contributed by atoms with Gasteiger partial charge in [-0.25, -0.2) is 0 Å². The molecule has 0 bridgehead atoms. The summed E-state index contributed by atoms with van der Waals surface area (Å²) in [7, 11) is 1.64. The lowest BCUT2D eigenvalue weighted by Crippen LogP contribution is -1.97. The van der Waals surface area contributed by atoms with Gasteiger partial charge < -0.3 is 10.1 Å². The minimum Gasteiger partial charge on any atom is -0.495 e. The zero-order chi connectivity index (χ0) is 13.9. The second kappa shape index (κ2) is 5.35. The van der Waals surface area contributed by atoms with E-state index in [4.69, 9.17) is 16.3 Å². The van der Waals surface area contributed by atoms with Crippen molar-refractivity contribution < 1.29 is 4.74 Å². The van der Waals surface area contributed by atoms with Crippen LogP contribution in [0.4, 0.5) is 11.4 Å². The first-order chi connectivity index (χ1) is 9.79. The number of nitrogens with zero attached hydrogens (tertiary/aromatic N) is 2. The third-order valence-electron chi connectivity index (χ3n) is 3.00. The third-order valence-corrected chi connectivity index (χ3v) is 3.30. The SMILES string of the molecule is COc1ccccc1Nc1cnnc2c(Cl)cccc12. The molecule has 20 heavy (non-hydrogen) atoms. The molecule has 4 nitrogen and oxygen atoms in total. The lowest BCUT2D eigenvalue weighted by molar-refractivity contribution is 0.417. The molecule has 3 rings (SSSR count). The predicted octanol–water partition coefficient (Wildman–Crippen LogP) is 4.04. The summed E-state index contributed by atoms with van der Waals surface area (Å²) in [5.74, 6) is 0.763. The lowest BCUT2D eigenvalue weighted by Gasteiger charge is -2.12. The fourth-order valence-corrected chi connectivity index (χ4v) is 2.25. The van der Waals surface area contributed by atoms with Crippen LogP contribution in [0.25, 0.3) is 10.9 Å². The summed E-state index contributed by atoms with van der Waals surface area (Å²) in [6, 6.07) is 13.3. The summed E-state index contributed by atoms with van der Waals surface area (Å²) in [4.78, 5) is 0. The highest BCUT2D eigenvalue weighted by Crippen LogP contribution is 2.31. The zero-order valence-electron chi connectivity index (χ0n) is 10.8. The smallest absolute Gasteiger partial charge is 0.142 e. The topological polar surface area (TPSA) is 47.0 Å². The summed E-state index contributed by atoms with van der Waals surface area (Å²) in [5.41, 5.74) is 2.38. The molecule has 0 saturated carbocycles. The standard InChI is InChI=1S/C15H12ClN3O/c1-20-14-8-3-2-7-12(14)18-13-9-17-19-15-10(13)5-4-6-11(15)16/h2-9H,1H3,(H,18,19). The molecular weight excluding hydrogens is 274 g/mol. The van der Waals surface area contributed by atoms with Crippen molar-refractivity contribution in [2.75, 3.05) is 12.4 Å². The normalized spacial score (nSPS) is 10.5. The average Bonchev–Trinajstić information content (AvgIpc) is 2.49. The maximum atomic E-state index is 6.14. The summed E-state index contributed by atoms with van der Waals surface area (Å²) < 4.78 is 5.33. The molecule has 2 aromatic carbocycles. The van der Waals surface area contributed by atoms with E-state index in [2.05, 4.69) is 15.5 Å². The molecule has 0 saturated heterocycles. The number of ether oxygens (including phenoxy) is 1. The van der Waals surface area contributed by atoms with Crippen molar-refractivity contribution in [3.63, 3.8) is 0 Å². The van der Waals surface area contributed by atoms with Gasteiger partial charge in [-0.1, -0.05) is 35.9 Å². The molecule has 0 radical (unpaired) electrons. The van der Waals surface area contributed by atoms with Crippen molar-refractivity contribution in [1.82, 2.24) is 10.2 Å². The second-order valence-electron chi connectivity index (χ2n) is 4.22. The highest BCUT2D eigenvalue weighted by atomic mass is 35.5. The Kier molecular flexibility index (Phi) is 3.39. The Morgan fingerprint density at radius 2 is 1.90 bits per heavy atom. The average molecular weight is 286 g/mol. The number of para-hydroxylation sites is 2. The van der Waals surface area contributed by atoms with Crippen LogP contribution >= 0.6 is 11.6 Å². The number of nitrogens with one attached hydrogen (secondary N) is 1. The second-order valence-corrected chi connectivity index (χ2v) is 4.63. The van der Waals surface area contributed by atoms with E-state index in [0.717, 1.165) is 22.5 Å². The lowest BCUT2D eigenvalue weighted by atomic mass is 10.2. The number of hydrogen-bond acceptors (Lipinski definition) is 4. The van der Waals surface area contributed by atoms with Gasteiger partial charge in [0.25, 0.3) is 0 Å². The Bertz CT molecular complexity index is 761. The summed E-state index contributed by atoms with van der Waals surface area (Å²) in [6.45, 7) is 0. The first-order valence-corrected chi connectivity index (χ1v) is 6.47. The van der Waals surface area contributed by atoms with Gasteiger partial charge in [0.15, 0.2) is 0 Å². The molecule has 0 atom stereocenters. The molecule has 1 aromatic heterocycles. The van der Waals surface area contributed by atoms with E-state index in [-0.39, 0.29) is 0 Å². The Labute approximate surface area is 121 Å². The Hall–Kier alpha value is -2.33. The minimum absolute atomic E-state index is 0.582. The molecule has 0 fully saturated rings. The van der Waals surface area contributed by atoms with Gasteiger partial charge in [-0.05, 0) is 18.2 Å². The predicted molar refractivity (Wildman–Crippen MR) is 80.8 cm³/mol. The van der Waals surface area contributed by atoms with Crippen LogP contribution < -0.4 is 10.1 Å². The first-order valence-electron chi connectivity index (χ1n) is 6.09. The number of benzene rings is 2. The molecule has 0 aliphatic carbocycles. The van der Waals surface area contributed by atoms with Gasteiger partial charge in [0, 0.05) is 5.39 Å². The van der Waals surface area contributed by atoms with Crippen LogP contribution in [0.2, 0.25) is 5.02 Å². The molecular formula is C15H12ClN3O. The van der Waals surface area contributed by atoms with Gasteiger partial charge in [0.2, 0.25) is 0 Å². The van der Waals surface area contributed by atoms with E-state index in [1.54, 1.807) is 19.4 Å². The van der Waals surface area contributed by atoms with Gasteiger partial charge in [0.05, 0.1) is 29.7 Å². The van der Waals surface area contributed by atoms with Crippen LogP contribution in [0.5, 0.6) is 5.75 Å². The van der Waals surface area contributed by atoms with Gasteiger partial charge in [-0.2, -0.15) is 5.10 Å². The molecule has 1 heterocycles. The molecule has 5 heteroatoms.